The number of rotatable bonds is 3. The summed E-state index contributed by atoms with van der Waals surface area (Å²) in [5, 5.41) is 2.70. The third kappa shape index (κ3) is 3.57. The van der Waals surface area contributed by atoms with Crippen LogP contribution in [-0.4, -0.2) is 37.4 Å². The lowest BCUT2D eigenvalue weighted by Crippen LogP contribution is -2.45. The standard InChI is InChI=1S/C21H22FN3O2/c1-13-11-25(12-14(2)27-13)16-8-6-15(7-9-16)23-10-17-20-18(22)4-3-5-19(20)24-21(17)26/h3-10,13-14,17H,11-12H2,1-2H3,(H,24,26). The van der Waals surface area contributed by atoms with Gasteiger partial charge < -0.3 is 15.0 Å². The van der Waals surface area contributed by atoms with Crippen molar-refractivity contribution >= 4 is 29.2 Å². The smallest absolute Gasteiger partial charge is 0.237 e. The summed E-state index contributed by atoms with van der Waals surface area (Å²) in [4.78, 5) is 18.8. The quantitative estimate of drug-likeness (QED) is 0.838. The highest BCUT2D eigenvalue weighted by molar-refractivity contribution is 6.12. The number of hydrogen-bond donors (Lipinski definition) is 1. The summed E-state index contributed by atoms with van der Waals surface area (Å²) in [5.74, 6) is -1.36. The Morgan fingerprint density at radius 3 is 2.56 bits per heavy atom. The van der Waals surface area contributed by atoms with Crippen LogP contribution in [0.2, 0.25) is 0 Å². The first-order valence-electron chi connectivity index (χ1n) is 9.15. The van der Waals surface area contributed by atoms with Gasteiger partial charge in [0.05, 0.1) is 17.9 Å². The second-order valence-electron chi connectivity index (χ2n) is 7.12. The van der Waals surface area contributed by atoms with Crippen LogP contribution in [0, 0.1) is 5.82 Å². The summed E-state index contributed by atoms with van der Waals surface area (Å²) >= 11 is 0. The molecule has 0 bridgehead atoms. The summed E-state index contributed by atoms with van der Waals surface area (Å²) in [6.07, 6.45) is 1.91. The molecule has 2 heterocycles. The van der Waals surface area contributed by atoms with E-state index in [2.05, 4.69) is 29.1 Å². The molecule has 1 amide bonds. The van der Waals surface area contributed by atoms with Gasteiger partial charge in [0, 0.05) is 36.2 Å². The fourth-order valence-corrected chi connectivity index (χ4v) is 3.74. The number of ether oxygens (including phenoxy) is 1. The molecule has 2 aliphatic rings. The summed E-state index contributed by atoms with van der Waals surface area (Å²) in [6.45, 7) is 5.85. The average Bonchev–Trinajstić information content (AvgIpc) is 2.96. The van der Waals surface area contributed by atoms with E-state index in [1.54, 1.807) is 12.1 Å². The number of fused-ring (bicyclic) bond motifs is 1. The van der Waals surface area contributed by atoms with Crippen LogP contribution >= 0.6 is 0 Å². The van der Waals surface area contributed by atoms with Crippen molar-refractivity contribution in [2.45, 2.75) is 32.0 Å². The van der Waals surface area contributed by atoms with Crippen molar-refractivity contribution in [2.75, 3.05) is 23.3 Å². The molecule has 4 rings (SSSR count). The van der Waals surface area contributed by atoms with Crippen molar-refractivity contribution in [1.29, 1.82) is 0 Å². The highest BCUT2D eigenvalue weighted by Crippen LogP contribution is 2.34. The van der Waals surface area contributed by atoms with Gasteiger partial charge in [0.1, 0.15) is 11.7 Å². The van der Waals surface area contributed by atoms with Crippen molar-refractivity contribution in [1.82, 2.24) is 0 Å². The summed E-state index contributed by atoms with van der Waals surface area (Å²) in [7, 11) is 0. The molecule has 140 valence electrons. The summed E-state index contributed by atoms with van der Waals surface area (Å²) < 4.78 is 19.9. The van der Waals surface area contributed by atoms with Crippen LogP contribution in [-0.2, 0) is 9.53 Å². The molecule has 2 aliphatic heterocycles. The number of aliphatic imine (C=N–C) groups is 1. The molecule has 2 aromatic carbocycles. The number of hydrogen-bond acceptors (Lipinski definition) is 4. The number of anilines is 2. The lowest BCUT2D eigenvalue weighted by atomic mass is 10.0. The highest BCUT2D eigenvalue weighted by atomic mass is 19.1. The van der Waals surface area contributed by atoms with Gasteiger partial charge in [0.15, 0.2) is 0 Å². The van der Waals surface area contributed by atoms with E-state index >= 15 is 0 Å². The van der Waals surface area contributed by atoms with Crippen LogP contribution in [0.4, 0.5) is 21.5 Å². The molecule has 0 saturated carbocycles. The first-order chi connectivity index (χ1) is 13.0. The number of benzene rings is 2. The minimum absolute atomic E-state index is 0.197. The Morgan fingerprint density at radius 2 is 1.85 bits per heavy atom. The summed E-state index contributed by atoms with van der Waals surface area (Å²) in [5.41, 5.74) is 2.72. The van der Waals surface area contributed by atoms with E-state index in [9.17, 15) is 9.18 Å². The first-order valence-corrected chi connectivity index (χ1v) is 9.15. The molecule has 27 heavy (non-hydrogen) atoms. The Balaban J connectivity index is 1.50. The second-order valence-corrected chi connectivity index (χ2v) is 7.12. The maximum atomic E-state index is 14.1. The van der Waals surface area contributed by atoms with Gasteiger partial charge in [-0.25, -0.2) is 4.39 Å². The number of carbonyl (C=O) groups is 1. The fraction of sp³-hybridized carbons (Fsp3) is 0.333. The molecule has 0 aromatic heterocycles. The Labute approximate surface area is 157 Å². The van der Waals surface area contributed by atoms with Crippen molar-refractivity contribution < 1.29 is 13.9 Å². The van der Waals surface area contributed by atoms with Crippen LogP contribution < -0.4 is 10.2 Å². The number of carbonyl (C=O) groups excluding carboxylic acids is 1. The van der Waals surface area contributed by atoms with E-state index in [1.807, 2.05) is 24.3 Å². The molecule has 0 spiro atoms. The zero-order chi connectivity index (χ0) is 19.0. The number of nitrogens with one attached hydrogen (secondary N) is 1. The normalized spacial score (nSPS) is 24.9. The molecular formula is C21H22FN3O2. The fourth-order valence-electron chi connectivity index (χ4n) is 3.74. The number of amides is 1. The second kappa shape index (κ2) is 7.12. The van der Waals surface area contributed by atoms with Crippen molar-refractivity contribution in [2.24, 2.45) is 4.99 Å². The van der Waals surface area contributed by atoms with E-state index in [0.29, 0.717) is 11.3 Å². The molecule has 5 nitrogen and oxygen atoms in total. The minimum atomic E-state index is -0.707. The van der Waals surface area contributed by atoms with Gasteiger partial charge in [-0.1, -0.05) is 6.07 Å². The molecule has 0 aliphatic carbocycles. The molecule has 1 saturated heterocycles. The van der Waals surface area contributed by atoms with Crippen LogP contribution in [0.25, 0.3) is 0 Å². The highest BCUT2D eigenvalue weighted by Gasteiger charge is 2.31. The monoisotopic (exact) mass is 367 g/mol. The molecule has 1 N–H and O–H groups in total. The predicted molar refractivity (Wildman–Crippen MR) is 105 cm³/mol. The lowest BCUT2D eigenvalue weighted by Gasteiger charge is -2.36. The third-order valence-corrected chi connectivity index (χ3v) is 4.91. The Bertz CT molecular complexity index is 871. The van der Waals surface area contributed by atoms with E-state index in [1.165, 1.54) is 12.3 Å². The molecule has 2 aromatic rings. The molecule has 3 atom stereocenters. The largest absolute Gasteiger partial charge is 0.372 e. The average molecular weight is 367 g/mol. The SMILES string of the molecule is CC1CN(c2ccc(N=CC3C(=O)Nc4cccc(F)c43)cc2)CC(C)O1. The lowest BCUT2D eigenvalue weighted by molar-refractivity contribution is -0.115. The Hall–Kier alpha value is -2.73. The van der Waals surface area contributed by atoms with Gasteiger partial charge >= 0.3 is 0 Å². The topological polar surface area (TPSA) is 53.9 Å². The van der Waals surface area contributed by atoms with Crippen LogP contribution in [0.15, 0.2) is 47.5 Å². The molecule has 0 radical (unpaired) electrons. The van der Waals surface area contributed by atoms with Crippen LogP contribution in [0.3, 0.4) is 0 Å². The molecular weight excluding hydrogens is 345 g/mol. The molecule has 1 fully saturated rings. The Morgan fingerprint density at radius 1 is 1.15 bits per heavy atom. The van der Waals surface area contributed by atoms with E-state index in [-0.39, 0.29) is 18.1 Å². The van der Waals surface area contributed by atoms with Crippen molar-refractivity contribution in [3.05, 3.63) is 53.8 Å². The van der Waals surface area contributed by atoms with Gasteiger partial charge in [-0.15, -0.1) is 0 Å². The maximum absolute atomic E-state index is 14.1. The van der Waals surface area contributed by atoms with Gasteiger partial charge in [-0.05, 0) is 50.2 Å². The predicted octanol–water partition coefficient (Wildman–Crippen LogP) is 3.88. The zero-order valence-corrected chi connectivity index (χ0v) is 15.4. The van der Waals surface area contributed by atoms with E-state index in [0.717, 1.165) is 24.5 Å². The molecule has 6 heteroatoms. The van der Waals surface area contributed by atoms with Gasteiger partial charge in [-0.2, -0.15) is 0 Å². The molecule has 3 unspecified atom stereocenters. The number of halogens is 1. The third-order valence-electron chi connectivity index (χ3n) is 4.91. The minimum Gasteiger partial charge on any atom is -0.372 e. The van der Waals surface area contributed by atoms with E-state index < -0.39 is 11.7 Å². The van der Waals surface area contributed by atoms with Gasteiger partial charge in [0.25, 0.3) is 0 Å². The Kier molecular flexibility index (Phi) is 4.66. The summed E-state index contributed by atoms with van der Waals surface area (Å²) in [6, 6.07) is 12.5. The number of morpholine rings is 1. The van der Waals surface area contributed by atoms with Gasteiger partial charge in [0.2, 0.25) is 5.91 Å². The zero-order valence-electron chi connectivity index (χ0n) is 15.4. The van der Waals surface area contributed by atoms with Crippen LogP contribution in [0.1, 0.15) is 25.3 Å². The maximum Gasteiger partial charge on any atom is 0.237 e. The van der Waals surface area contributed by atoms with Gasteiger partial charge in [-0.3, -0.25) is 9.79 Å². The first kappa shape index (κ1) is 17.7. The van der Waals surface area contributed by atoms with Crippen molar-refractivity contribution in [3.8, 4) is 0 Å². The van der Waals surface area contributed by atoms with Crippen molar-refractivity contribution in [3.63, 3.8) is 0 Å². The van der Waals surface area contributed by atoms with E-state index in [4.69, 9.17) is 4.74 Å². The van der Waals surface area contributed by atoms with Crippen LogP contribution in [0.5, 0.6) is 0 Å². The number of nitrogens with zero attached hydrogens (tertiary/aromatic N) is 2.